The normalized spacial score (nSPS) is 11.0. The lowest BCUT2D eigenvalue weighted by atomic mass is 10.0. The maximum absolute atomic E-state index is 13.6. The van der Waals surface area contributed by atoms with E-state index in [1.54, 1.807) is 12.1 Å². The van der Waals surface area contributed by atoms with Gasteiger partial charge < -0.3 is 14.6 Å². The second-order valence-electron chi connectivity index (χ2n) is 8.00. The van der Waals surface area contributed by atoms with Crippen molar-refractivity contribution in [2.75, 3.05) is 11.8 Å². The molecule has 0 unspecified atom stereocenters. The van der Waals surface area contributed by atoms with Crippen LogP contribution in [0.25, 0.3) is 0 Å². The van der Waals surface area contributed by atoms with Crippen LogP contribution in [-0.4, -0.2) is 26.6 Å². The molecule has 0 aromatic heterocycles. The standard InChI is InChI=1S/C28H25NO6S/c1-34-23-15-16-26(22(18-23)17-20-9-4-2-5-10-20)36(32,33)29-27-24(28(30)31)13-8-14-25(27)35-19-21-11-6-3-7-12-21/h2-16,18,29H,17,19H2,1H3,(H,30,31). The first-order chi connectivity index (χ1) is 17.4. The zero-order valence-corrected chi connectivity index (χ0v) is 20.4. The van der Waals surface area contributed by atoms with Crippen molar-refractivity contribution in [1.29, 1.82) is 0 Å². The maximum Gasteiger partial charge on any atom is 0.337 e. The molecule has 184 valence electrons. The smallest absolute Gasteiger partial charge is 0.337 e. The molecule has 0 heterocycles. The van der Waals surface area contributed by atoms with Crippen LogP contribution < -0.4 is 14.2 Å². The minimum absolute atomic E-state index is 0.0151. The first-order valence-electron chi connectivity index (χ1n) is 11.1. The maximum atomic E-state index is 13.6. The second kappa shape index (κ2) is 11.0. The molecule has 0 saturated heterocycles. The van der Waals surface area contributed by atoms with E-state index >= 15 is 0 Å². The number of benzene rings is 4. The van der Waals surface area contributed by atoms with E-state index in [1.165, 1.54) is 31.4 Å². The molecule has 2 N–H and O–H groups in total. The number of carboxylic acid groups (broad SMARTS) is 1. The number of anilines is 1. The van der Waals surface area contributed by atoms with Gasteiger partial charge in [-0.2, -0.15) is 0 Å². The third kappa shape index (κ3) is 5.84. The van der Waals surface area contributed by atoms with Crippen LogP contribution in [-0.2, 0) is 23.1 Å². The highest BCUT2D eigenvalue weighted by atomic mass is 32.2. The average Bonchev–Trinajstić information content (AvgIpc) is 2.88. The summed E-state index contributed by atoms with van der Waals surface area (Å²) in [5, 5.41) is 9.75. The summed E-state index contributed by atoms with van der Waals surface area (Å²) in [6.07, 6.45) is 0.340. The summed E-state index contributed by atoms with van der Waals surface area (Å²) in [5.41, 5.74) is 1.92. The Labute approximate surface area is 210 Å². The quantitative estimate of drug-likeness (QED) is 0.302. The lowest BCUT2D eigenvalue weighted by Crippen LogP contribution is -2.18. The summed E-state index contributed by atoms with van der Waals surface area (Å²) in [6, 6.07) is 27.8. The third-order valence-electron chi connectivity index (χ3n) is 5.52. The van der Waals surface area contributed by atoms with E-state index in [-0.39, 0.29) is 28.5 Å². The van der Waals surface area contributed by atoms with Crippen molar-refractivity contribution < 1.29 is 27.8 Å². The van der Waals surface area contributed by atoms with Gasteiger partial charge in [-0.05, 0) is 53.4 Å². The number of sulfonamides is 1. The molecular weight excluding hydrogens is 478 g/mol. The van der Waals surface area contributed by atoms with Crippen LogP contribution in [0.15, 0.2) is 102 Å². The van der Waals surface area contributed by atoms with E-state index in [4.69, 9.17) is 9.47 Å². The van der Waals surface area contributed by atoms with Crippen LogP contribution in [0.3, 0.4) is 0 Å². The number of rotatable bonds is 10. The van der Waals surface area contributed by atoms with E-state index in [2.05, 4.69) is 4.72 Å². The number of nitrogens with one attached hydrogen (secondary N) is 1. The first-order valence-corrected chi connectivity index (χ1v) is 12.6. The van der Waals surface area contributed by atoms with E-state index in [0.29, 0.717) is 17.7 Å². The summed E-state index contributed by atoms with van der Waals surface area (Å²) >= 11 is 0. The molecule has 7 nitrogen and oxygen atoms in total. The molecule has 4 aromatic rings. The van der Waals surface area contributed by atoms with Gasteiger partial charge in [-0.25, -0.2) is 13.2 Å². The highest BCUT2D eigenvalue weighted by Gasteiger charge is 2.25. The molecule has 8 heteroatoms. The number of ether oxygens (including phenoxy) is 2. The monoisotopic (exact) mass is 503 g/mol. The van der Waals surface area contributed by atoms with Gasteiger partial charge in [0.2, 0.25) is 0 Å². The molecule has 0 amide bonds. The molecule has 4 aromatic carbocycles. The topological polar surface area (TPSA) is 102 Å². The number of carboxylic acids is 1. The highest BCUT2D eigenvalue weighted by molar-refractivity contribution is 7.92. The fourth-order valence-corrected chi connectivity index (χ4v) is 5.07. The Kier molecular flexibility index (Phi) is 7.56. The number of hydrogen-bond donors (Lipinski definition) is 2. The van der Waals surface area contributed by atoms with Crippen molar-refractivity contribution >= 4 is 21.7 Å². The molecule has 0 saturated carbocycles. The van der Waals surface area contributed by atoms with Crippen LogP contribution in [0, 0.1) is 0 Å². The van der Waals surface area contributed by atoms with Gasteiger partial charge >= 0.3 is 5.97 Å². The SMILES string of the molecule is COc1ccc(S(=O)(=O)Nc2c(OCc3ccccc3)cccc2C(=O)O)c(Cc2ccccc2)c1. The minimum atomic E-state index is -4.20. The predicted molar refractivity (Wildman–Crippen MR) is 137 cm³/mol. The van der Waals surface area contributed by atoms with Crippen molar-refractivity contribution in [2.24, 2.45) is 0 Å². The Bertz CT molecular complexity index is 1450. The Morgan fingerprint density at radius 2 is 1.53 bits per heavy atom. The van der Waals surface area contributed by atoms with Crippen LogP contribution in [0.2, 0.25) is 0 Å². The molecule has 0 fully saturated rings. The molecule has 0 aliphatic heterocycles. The lowest BCUT2D eigenvalue weighted by molar-refractivity contribution is 0.0697. The van der Waals surface area contributed by atoms with Gasteiger partial charge in [-0.3, -0.25) is 4.72 Å². The Balaban J connectivity index is 1.72. The summed E-state index contributed by atoms with van der Waals surface area (Å²) < 4.78 is 40.9. The summed E-state index contributed by atoms with van der Waals surface area (Å²) in [7, 11) is -2.69. The summed E-state index contributed by atoms with van der Waals surface area (Å²) in [4.78, 5) is 12.0. The van der Waals surface area contributed by atoms with Crippen molar-refractivity contribution in [3.8, 4) is 11.5 Å². The van der Waals surface area contributed by atoms with Crippen LogP contribution in [0.1, 0.15) is 27.0 Å². The molecule has 0 atom stereocenters. The largest absolute Gasteiger partial charge is 0.497 e. The average molecular weight is 504 g/mol. The molecule has 0 aliphatic rings. The van der Waals surface area contributed by atoms with Crippen molar-refractivity contribution in [1.82, 2.24) is 0 Å². The minimum Gasteiger partial charge on any atom is -0.497 e. The fourth-order valence-electron chi connectivity index (χ4n) is 3.76. The van der Waals surface area contributed by atoms with E-state index < -0.39 is 16.0 Å². The molecule has 4 rings (SSSR count). The number of para-hydroxylation sites is 1. The van der Waals surface area contributed by atoms with Gasteiger partial charge in [-0.1, -0.05) is 66.7 Å². The Hall–Kier alpha value is -4.30. The number of aromatic carboxylic acids is 1. The van der Waals surface area contributed by atoms with Crippen molar-refractivity contribution in [3.05, 3.63) is 119 Å². The molecule has 0 bridgehead atoms. The summed E-state index contributed by atoms with van der Waals surface area (Å²) in [5.74, 6) is -0.657. The van der Waals surface area contributed by atoms with E-state index in [9.17, 15) is 18.3 Å². The number of methoxy groups -OCH3 is 1. The third-order valence-corrected chi connectivity index (χ3v) is 6.97. The lowest BCUT2D eigenvalue weighted by Gasteiger charge is -2.18. The van der Waals surface area contributed by atoms with Crippen molar-refractivity contribution in [3.63, 3.8) is 0 Å². The Morgan fingerprint density at radius 3 is 2.17 bits per heavy atom. The fraction of sp³-hybridized carbons (Fsp3) is 0.107. The zero-order valence-electron chi connectivity index (χ0n) is 19.5. The molecule has 0 spiro atoms. The van der Waals surface area contributed by atoms with Gasteiger partial charge in [0.05, 0.1) is 17.6 Å². The second-order valence-corrected chi connectivity index (χ2v) is 9.65. The van der Waals surface area contributed by atoms with Crippen LogP contribution in [0.5, 0.6) is 11.5 Å². The molecule has 0 radical (unpaired) electrons. The number of hydrogen-bond acceptors (Lipinski definition) is 5. The van der Waals surface area contributed by atoms with E-state index in [0.717, 1.165) is 11.1 Å². The zero-order chi connectivity index (χ0) is 25.5. The Morgan fingerprint density at radius 1 is 0.861 bits per heavy atom. The van der Waals surface area contributed by atoms with Crippen LogP contribution in [0.4, 0.5) is 5.69 Å². The van der Waals surface area contributed by atoms with Gasteiger partial charge in [0.25, 0.3) is 10.0 Å². The number of carbonyl (C=O) groups is 1. The molecule has 36 heavy (non-hydrogen) atoms. The van der Waals surface area contributed by atoms with Gasteiger partial charge in [0.15, 0.2) is 0 Å². The predicted octanol–water partition coefficient (Wildman–Crippen LogP) is 5.36. The first kappa shape index (κ1) is 24.8. The molecular formula is C28H25NO6S. The van der Waals surface area contributed by atoms with Gasteiger partial charge in [0.1, 0.15) is 23.8 Å². The van der Waals surface area contributed by atoms with E-state index in [1.807, 2.05) is 60.7 Å². The van der Waals surface area contributed by atoms with Gasteiger partial charge in [0, 0.05) is 0 Å². The van der Waals surface area contributed by atoms with Crippen molar-refractivity contribution in [2.45, 2.75) is 17.9 Å². The highest BCUT2D eigenvalue weighted by Crippen LogP contribution is 2.33. The van der Waals surface area contributed by atoms with Gasteiger partial charge in [-0.15, -0.1) is 0 Å². The van der Waals surface area contributed by atoms with Crippen LogP contribution >= 0.6 is 0 Å². The molecule has 0 aliphatic carbocycles. The summed E-state index contributed by atoms with van der Waals surface area (Å²) in [6.45, 7) is 0.139.